The highest BCUT2D eigenvalue weighted by atomic mass is 32.2. The van der Waals surface area contributed by atoms with Crippen molar-refractivity contribution in [2.75, 3.05) is 25.3 Å². The van der Waals surface area contributed by atoms with Gasteiger partial charge in [-0.15, -0.1) is 10.2 Å². The van der Waals surface area contributed by atoms with Crippen molar-refractivity contribution in [1.29, 1.82) is 0 Å². The fourth-order valence-corrected chi connectivity index (χ4v) is 2.30. The van der Waals surface area contributed by atoms with Crippen LogP contribution in [-0.4, -0.2) is 45.0 Å². The highest BCUT2D eigenvalue weighted by Crippen LogP contribution is 2.22. The summed E-state index contributed by atoms with van der Waals surface area (Å²) in [4.78, 5) is 12.4. The summed E-state index contributed by atoms with van der Waals surface area (Å²) in [7, 11) is -0.414. The molecule has 1 N–H and O–H groups in total. The molecule has 84 valence electrons. The van der Waals surface area contributed by atoms with E-state index in [9.17, 15) is 13.2 Å². The predicted molar refractivity (Wildman–Crippen MR) is 55.9 cm³/mol. The van der Waals surface area contributed by atoms with Crippen LogP contribution in [0.3, 0.4) is 0 Å². The van der Waals surface area contributed by atoms with Crippen molar-refractivity contribution in [2.45, 2.75) is 4.34 Å². The number of aromatic nitrogens is 2. The molecule has 0 aromatic carbocycles. The third-order valence-corrected chi connectivity index (χ3v) is 4.19. The molecular weight excluding hydrogens is 240 g/mol. The van der Waals surface area contributed by atoms with Gasteiger partial charge in [0.15, 0.2) is 0 Å². The summed E-state index contributed by atoms with van der Waals surface area (Å²) in [6, 6.07) is -0.383. The number of anilines is 1. The van der Waals surface area contributed by atoms with Gasteiger partial charge < -0.3 is 5.32 Å². The minimum absolute atomic E-state index is 0.103. The van der Waals surface area contributed by atoms with Crippen LogP contribution in [0.5, 0.6) is 0 Å². The highest BCUT2D eigenvalue weighted by molar-refractivity contribution is 7.92. The van der Waals surface area contributed by atoms with Crippen molar-refractivity contribution >= 4 is 32.3 Å². The van der Waals surface area contributed by atoms with E-state index in [0.717, 1.165) is 17.6 Å². The molecule has 0 fully saturated rings. The molecule has 0 unspecified atom stereocenters. The average molecular weight is 250 g/mol. The van der Waals surface area contributed by atoms with Gasteiger partial charge in [-0.05, 0) is 0 Å². The summed E-state index contributed by atoms with van der Waals surface area (Å²) in [5, 5.41) is 9.71. The summed E-state index contributed by atoms with van der Waals surface area (Å²) in [5.41, 5.74) is 0. The zero-order valence-corrected chi connectivity index (χ0v) is 10.0. The molecule has 7 nitrogen and oxygen atoms in total. The monoisotopic (exact) mass is 250 g/mol. The van der Waals surface area contributed by atoms with E-state index < -0.39 is 9.84 Å². The Morgan fingerprint density at radius 1 is 1.47 bits per heavy atom. The lowest BCUT2D eigenvalue weighted by Crippen LogP contribution is -2.34. The Morgan fingerprint density at radius 3 is 2.47 bits per heavy atom. The number of nitrogens with one attached hydrogen (secondary N) is 1. The first-order valence-corrected chi connectivity index (χ1v) is 6.56. The van der Waals surface area contributed by atoms with Gasteiger partial charge in [-0.2, -0.15) is 0 Å². The number of amides is 2. The number of carbonyl (C=O) groups is 1. The molecule has 15 heavy (non-hydrogen) atoms. The SMILES string of the molecule is CNC(=O)N(C)c1nnc(S(C)(=O)=O)s1. The maximum atomic E-state index is 11.2. The largest absolute Gasteiger partial charge is 0.341 e. The van der Waals surface area contributed by atoms with E-state index in [1.807, 2.05) is 0 Å². The van der Waals surface area contributed by atoms with E-state index in [0.29, 0.717) is 0 Å². The van der Waals surface area contributed by atoms with Crippen LogP contribution in [0.1, 0.15) is 0 Å². The van der Waals surface area contributed by atoms with E-state index in [1.165, 1.54) is 19.0 Å². The van der Waals surface area contributed by atoms with Gasteiger partial charge in [-0.3, -0.25) is 4.90 Å². The summed E-state index contributed by atoms with van der Waals surface area (Å²) in [6.07, 6.45) is 1.04. The molecule has 0 saturated heterocycles. The Bertz CT molecular complexity index is 466. The molecule has 1 heterocycles. The van der Waals surface area contributed by atoms with E-state index in [1.54, 1.807) is 0 Å². The van der Waals surface area contributed by atoms with Gasteiger partial charge in [0, 0.05) is 20.4 Å². The van der Waals surface area contributed by atoms with Gasteiger partial charge in [0.2, 0.25) is 19.3 Å². The van der Waals surface area contributed by atoms with Crippen LogP contribution in [-0.2, 0) is 9.84 Å². The summed E-state index contributed by atoms with van der Waals surface area (Å²) in [5.74, 6) is 0. The molecule has 1 aromatic heterocycles. The van der Waals surface area contributed by atoms with E-state index >= 15 is 0 Å². The Hall–Kier alpha value is -1.22. The normalized spacial score (nSPS) is 11.1. The fraction of sp³-hybridized carbons (Fsp3) is 0.500. The minimum Gasteiger partial charge on any atom is -0.341 e. The summed E-state index contributed by atoms with van der Waals surface area (Å²) in [6.45, 7) is 0. The number of nitrogens with zero attached hydrogens (tertiary/aromatic N) is 3. The lowest BCUT2D eigenvalue weighted by atomic mass is 10.8. The van der Waals surface area contributed by atoms with Crippen molar-refractivity contribution in [3.05, 3.63) is 0 Å². The summed E-state index contributed by atoms with van der Waals surface area (Å²) >= 11 is 0.847. The highest BCUT2D eigenvalue weighted by Gasteiger charge is 2.19. The van der Waals surface area contributed by atoms with Crippen LogP contribution < -0.4 is 10.2 Å². The molecule has 0 aliphatic carbocycles. The molecule has 0 bridgehead atoms. The van der Waals surface area contributed by atoms with Crippen LogP contribution >= 0.6 is 11.3 Å². The number of hydrogen-bond donors (Lipinski definition) is 1. The smallest absolute Gasteiger partial charge is 0.323 e. The zero-order valence-electron chi connectivity index (χ0n) is 8.38. The lowest BCUT2D eigenvalue weighted by Gasteiger charge is -2.10. The third kappa shape index (κ3) is 2.63. The molecule has 0 aliphatic rings. The second-order valence-corrected chi connectivity index (χ2v) is 5.88. The molecule has 0 aliphatic heterocycles. The van der Waals surface area contributed by atoms with Crippen LogP contribution in [0.25, 0.3) is 0 Å². The number of rotatable bonds is 2. The number of carbonyl (C=O) groups excluding carboxylic acids is 1. The van der Waals surface area contributed by atoms with E-state index in [-0.39, 0.29) is 15.5 Å². The van der Waals surface area contributed by atoms with Gasteiger partial charge in [-0.25, -0.2) is 13.2 Å². The predicted octanol–water partition coefficient (Wildman–Crippen LogP) is -0.283. The molecular formula is C6H10N4O3S2. The first kappa shape index (κ1) is 11.9. The quantitative estimate of drug-likeness (QED) is 0.729. The van der Waals surface area contributed by atoms with E-state index in [2.05, 4.69) is 15.5 Å². The maximum Gasteiger partial charge on any atom is 0.323 e. The van der Waals surface area contributed by atoms with Gasteiger partial charge in [0.05, 0.1) is 0 Å². The van der Waals surface area contributed by atoms with Crippen molar-refractivity contribution in [3.8, 4) is 0 Å². The van der Waals surface area contributed by atoms with Crippen molar-refractivity contribution in [2.24, 2.45) is 0 Å². The standard InChI is InChI=1S/C6H10N4O3S2/c1-7-4(11)10(2)5-8-9-6(14-5)15(3,12)13/h1-3H3,(H,7,11). The van der Waals surface area contributed by atoms with Crippen LogP contribution in [0.4, 0.5) is 9.93 Å². The Balaban J connectivity index is 3.00. The number of urea groups is 1. The molecule has 0 saturated carbocycles. The third-order valence-electron chi connectivity index (χ3n) is 1.52. The lowest BCUT2D eigenvalue weighted by molar-refractivity contribution is 0.249. The maximum absolute atomic E-state index is 11.2. The van der Waals surface area contributed by atoms with Gasteiger partial charge in [0.1, 0.15) is 0 Å². The van der Waals surface area contributed by atoms with Gasteiger partial charge >= 0.3 is 6.03 Å². The first-order chi connectivity index (χ1) is 6.86. The first-order valence-electron chi connectivity index (χ1n) is 3.85. The average Bonchev–Trinajstić information content (AvgIpc) is 2.63. The second kappa shape index (κ2) is 4.11. The summed E-state index contributed by atoms with van der Waals surface area (Å²) < 4.78 is 22.1. The Kier molecular flexibility index (Phi) is 3.25. The van der Waals surface area contributed by atoms with Crippen molar-refractivity contribution < 1.29 is 13.2 Å². The molecule has 0 atom stereocenters. The van der Waals surface area contributed by atoms with Crippen molar-refractivity contribution in [1.82, 2.24) is 15.5 Å². The Morgan fingerprint density at radius 2 is 2.07 bits per heavy atom. The fourth-order valence-electron chi connectivity index (χ4n) is 0.742. The molecule has 2 amide bonds. The minimum atomic E-state index is -3.36. The van der Waals surface area contributed by atoms with Gasteiger partial charge in [0.25, 0.3) is 0 Å². The zero-order chi connectivity index (χ0) is 11.6. The molecule has 1 rings (SSSR count). The molecule has 1 aromatic rings. The van der Waals surface area contributed by atoms with Crippen LogP contribution in [0, 0.1) is 0 Å². The van der Waals surface area contributed by atoms with E-state index in [4.69, 9.17) is 0 Å². The number of sulfone groups is 1. The second-order valence-electron chi connectivity index (χ2n) is 2.74. The molecule has 9 heteroatoms. The molecule has 0 radical (unpaired) electrons. The van der Waals surface area contributed by atoms with Crippen LogP contribution in [0.15, 0.2) is 4.34 Å². The Labute approximate surface area is 91.0 Å². The number of hydrogen-bond acceptors (Lipinski definition) is 6. The van der Waals surface area contributed by atoms with Crippen molar-refractivity contribution in [3.63, 3.8) is 0 Å². The topological polar surface area (TPSA) is 92.3 Å². The molecule has 0 spiro atoms. The van der Waals surface area contributed by atoms with Crippen LogP contribution in [0.2, 0.25) is 0 Å². The van der Waals surface area contributed by atoms with Gasteiger partial charge in [-0.1, -0.05) is 11.3 Å².